The number of benzene rings is 1. The van der Waals surface area contributed by atoms with E-state index in [0.29, 0.717) is 5.01 Å². The summed E-state index contributed by atoms with van der Waals surface area (Å²) in [6.07, 6.45) is -0.468. The second-order valence-corrected chi connectivity index (χ2v) is 6.14. The molecule has 3 rings (SSSR count). The lowest BCUT2D eigenvalue weighted by molar-refractivity contribution is -0.123. The number of hydrogen-bond donors (Lipinski definition) is 2. The molecule has 1 saturated heterocycles. The Labute approximate surface area is 141 Å². The number of alkyl halides is 2. The maximum Gasteiger partial charge on any atom is 0.262 e. The third-order valence-corrected chi connectivity index (χ3v) is 4.30. The summed E-state index contributed by atoms with van der Waals surface area (Å²) >= 11 is 1.36. The molecule has 23 heavy (non-hydrogen) atoms. The van der Waals surface area contributed by atoms with Gasteiger partial charge in [-0.3, -0.25) is 10.1 Å². The monoisotopic (exact) mass is 360 g/mol. The minimum Gasteiger partial charge on any atom is -0.348 e. The van der Waals surface area contributed by atoms with E-state index in [1.807, 2.05) is 30.3 Å². The van der Waals surface area contributed by atoms with Gasteiger partial charge in [-0.05, 0) is 0 Å². The van der Waals surface area contributed by atoms with E-state index in [1.165, 1.54) is 11.3 Å². The predicted octanol–water partition coefficient (Wildman–Crippen LogP) is 2.24. The Morgan fingerprint density at radius 3 is 2.74 bits per heavy atom. The highest BCUT2D eigenvalue weighted by molar-refractivity contribution is 7.14. The highest BCUT2D eigenvalue weighted by Gasteiger charge is 2.42. The van der Waals surface area contributed by atoms with Gasteiger partial charge in [0.2, 0.25) is 5.91 Å². The Morgan fingerprint density at radius 1 is 1.35 bits per heavy atom. The average Bonchev–Trinajstić information content (AvgIpc) is 3.12. The molecule has 1 aromatic carbocycles. The molecule has 0 saturated carbocycles. The molecular formula is C14H15ClF2N4OS. The number of nitrogens with one attached hydrogen (secondary N) is 2. The van der Waals surface area contributed by atoms with Crippen molar-refractivity contribution in [2.75, 3.05) is 6.54 Å². The Hall–Kier alpha value is -1.64. The van der Waals surface area contributed by atoms with Crippen molar-refractivity contribution in [1.82, 2.24) is 20.8 Å². The van der Waals surface area contributed by atoms with Gasteiger partial charge in [0.1, 0.15) is 10.0 Å². The van der Waals surface area contributed by atoms with Crippen LogP contribution in [0.4, 0.5) is 8.78 Å². The van der Waals surface area contributed by atoms with Crippen molar-refractivity contribution in [2.24, 2.45) is 0 Å². The number of nitrogens with zero attached hydrogens (tertiary/aromatic N) is 2. The van der Waals surface area contributed by atoms with E-state index in [9.17, 15) is 13.6 Å². The molecule has 1 fully saturated rings. The number of halogens is 3. The molecule has 0 radical (unpaired) electrons. The van der Waals surface area contributed by atoms with E-state index in [-0.39, 0.29) is 19.0 Å². The SMILES string of the molecule is Cl.O=C(NCc1nnc(-c2ccccc2)s1)C1CC(F)(F)CN1. The first-order valence-electron chi connectivity index (χ1n) is 6.80. The summed E-state index contributed by atoms with van der Waals surface area (Å²) < 4.78 is 26.1. The Balaban J connectivity index is 0.00000192. The van der Waals surface area contributed by atoms with Gasteiger partial charge in [0.25, 0.3) is 5.92 Å². The van der Waals surface area contributed by atoms with Gasteiger partial charge >= 0.3 is 0 Å². The summed E-state index contributed by atoms with van der Waals surface area (Å²) in [7, 11) is 0. The first-order chi connectivity index (χ1) is 10.5. The molecule has 1 unspecified atom stereocenters. The van der Waals surface area contributed by atoms with Crippen LogP contribution in [0.25, 0.3) is 10.6 Å². The molecule has 2 heterocycles. The number of carbonyl (C=O) groups excluding carboxylic acids is 1. The lowest BCUT2D eigenvalue weighted by atomic mass is 10.2. The highest BCUT2D eigenvalue weighted by atomic mass is 35.5. The first kappa shape index (κ1) is 17.7. The van der Waals surface area contributed by atoms with Crippen LogP contribution in [0.5, 0.6) is 0 Å². The number of carbonyl (C=O) groups is 1. The molecule has 9 heteroatoms. The van der Waals surface area contributed by atoms with Crippen LogP contribution >= 0.6 is 23.7 Å². The number of aromatic nitrogens is 2. The van der Waals surface area contributed by atoms with E-state index in [1.54, 1.807) is 0 Å². The summed E-state index contributed by atoms with van der Waals surface area (Å²) in [5.41, 5.74) is 0.953. The zero-order valence-electron chi connectivity index (χ0n) is 12.0. The molecule has 2 N–H and O–H groups in total. The third-order valence-electron chi connectivity index (χ3n) is 3.33. The zero-order valence-corrected chi connectivity index (χ0v) is 13.6. The van der Waals surface area contributed by atoms with Gasteiger partial charge in [-0.1, -0.05) is 41.7 Å². The summed E-state index contributed by atoms with van der Waals surface area (Å²) in [6.45, 7) is -0.269. The minimum absolute atomic E-state index is 0. The smallest absolute Gasteiger partial charge is 0.262 e. The largest absolute Gasteiger partial charge is 0.348 e. The summed E-state index contributed by atoms with van der Waals surface area (Å²) in [5.74, 6) is -3.25. The van der Waals surface area contributed by atoms with Crippen molar-refractivity contribution in [2.45, 2.75) is 24.9 Å². The van der Waals surface area contributed by atoms with Crippen LogP contribution in [-0.2, 0) is 11.3 Å². The molecule has 1 aliphatic rings. The maximum absolute atomic E-state index is 13.0. The number of hydrogen-bond acceptors (Lipinski definition) is 5. The van der Waals surface area contributed by atoms with Crippen LogP contribution in [0.3, 0.4) is 0 Å². The molecule has 1 atom stereocenters. The summed E-state index contributed by atoms with van der Waals surface area (Å²) in [5, 5.41) is 14.6. The fourth-order valence-corrected chi connectivity index (χ4v) is 2.99. The van der Waals surface area contributed by atoms with Crippen molar-refractivity contribution in [3.05, 3.63) is 35.3 Å². The maximum atomic E-state index is 13.0. The van der Waals surface area contributed by atoms with Gasteiger partial charge in [0, 0.05) is 12.0 Å². The zero-order chi connectivity index (χ0) is 15.6. The van der Waals surface area contributed by atoms with Crippen molar-refractivity contribution in [1.29, 1.82) is 0 Å². The molecule has 5 nitrogen and oxygen atoms in total. The Kier molecular flexibility index (Phi) is 5.61. The van der Waals surface area contributed by atoms with Crippen LogP contribution in [-0.4, -0.2) is 34.6 Å². The molecule has 0 aliphatic carbocycles. The van der Waals surface area contributed by atoms with E-state index < -0.39 is 30.8 Å². The molecular weight excluding hydrogens is 346 g/mol. The van der Waals surface area contributed by atoms with E-state index in [0.717, 1.165) is 10.6 Å². The van der Waals surface area contributed by atoms with Gasteiger partial charge in [-0.15, -0.1) is 22.6 Å². The summed E-state index contributed by atoms with van der Waals surface area (Å²) in [4.78, 5) is 11.8. The van der Waals surface area contributed by atoms with Crippen LogP contribution in [0, 0.1) is 0 Å². The topological polar surface area (TPSA) is 66.9 Å². The summed E-state index contributed by atoms with van der Waals surface area (Å²) in [6, 6.07) is 8.72. The average molecular weight is 361 g/mol. The van der Waals surface area contributed by atoms with E-state index in [2.05, 4.69) is 20.8 Å². The van der Waals surface area contributed by atoms with Crippen molar-refractivity contribution in [3.63, 3.8) is 0 Å². The van der Waals surface area contributed by atoms with Crippen LogP contribution < -0.4 is 10.6 Å². The quantitative estimate of drug-likeness (QED) is 0.877. The highest BCUT2D eigenvalue weighted by Crippen LogP contribution is 2.25. The molecule has 2 aromatic rings. The van der Waals surface area contributed by atoms with Gasteiger partial charge in [-0.25, -0.2) is 8.78 Å². The standard InChI is InChI=1S/C14H14F2N4OS.ClH/c15-14(16)6-10(18-8-14)12(21)17-7-11-19-20-13(22-11)9-4-2-1-3-5-9;/h1-5,10,18H,6-8H2,(H,17,21);1H. The molecule has 1 aliphatic heterocycles. The van der Waals surface area contributed by atoms with Gasteiger partial charge in [-0.2, -0.15) is 0 Å². The first-order valence-corrected chi connectivity index (χ1v) is 7.62. The number of rotatable bonds is 4. The minimum atomic E-state index is -2.81. The van der Waals surface area contributed by atoms with Gasteiger partial charge < -0.3 is 5.32 Å². The van der Waals surface area contributed by atoms with E-state index >= 15 is 0 Å². The van der Waals surface area contributed by atoms with E-state index in [4.69, 9.17) is 0 Å². The second-order valence-electron chi connectivity index (χ2n) is 5.08. The predicted molar refractivity (Wildman–Crippen MR) is 85.8 cm³/mol. The fourth-order valence-electron chi connectivity index (χ4n) is 2.21. The Morgan fingerprint density at radius 2 is 2.09 bits per heavy atom. The van der Waals surface area contributed by atoms with Crippen molar-refractivity contribution < 1.29 is 13.6 Å². The molecule has 1 amide bonds. The normalized spacial score (nSPS) is 19.1. The second kappa shape index (κ2) is 7.29. The molecule has 124 valence electrons. The molecule has 0 bridgehead atoms. The molecule has 1 aromatic heterocycles. The van der Waals surface area contributed by atoms with Gasteiger partial charge in [0.15, 0.2) is 0 Å². The fraction of sp³-hybridized carbons (Fsp3) is 0.357. The number of amides is 1. The lowest BCUT2D eigenvalue weighted by Crippen LogP contribution is -2.40. The van der Waals surface area contributed by atoms with Crippen LogP contribution in [0.15, 0.2) is 30.3 Å². The molecule has 0 spiro atoms. The lowest BCUT2D eigenvalue weighted by Gasteiger charge is -2.09. The van der Waals surface area contributed by atoms with Crippen LogP contribution in [0.2, 0.25) is 0 Å². The Bertz CT molecular complexity index is 668. The third kappa shape index (κ3) is 4.43. The van der Waals surface area contributed by atoms with Crippen molar-refractivity contribution >= 4 is 29.7 Å². The van der Waals surface area contributed by atoms with Gasteiger partial charge in [0.05, 0.1) is 19.1 Å². The van der Waals surface area contributed by atoms with Crippen LogP contribution in [0.1, 0.15) is 11.4 Å². The van der Waals surface area contributed by atoms with Crippen molar-refractivity contribution in [3.8, 4) is 10.6 Å².